The van der Waals surface area contributed by atoms with Crippen LogP contribution in [-0.2, 0) is 11.3 Å². The SMILES string of the molecule is Clc1ccc(Cl)cc1.NS(=O)[O-]. The van der Waals surface area contributed by atoms with Gasteiger partial charge in [0.05, 0.1) is 0 Å². The van der Waals surface area contributed by atoms with Crippen LogP contribution >= 0.6 is 23.2 Å². The van der Waals surface area contributed by atoms with E-state index in [1.807, 2.05) is 0 Å². The summed E-state index contributed by atoms with van der Waals surface area (Å²) >= 11 is 8.74. The van der Waals surface area contributed by atoms with E-state index in [0.29, 0.717) is 0 Å². The van der Waals surface area contributed by atoms with Gasteiger partial charge in [0.15, 0.2) is 0 Å². The topological polar surface area (TPSA) is 66.2 Å². The molecule has 0 aliphatic carbocycles. The molecule has 0 radical (unpaired) electrons. The number of halogens is 2. The summed E-state index contributed by atoms with van der Waals surface area (Å²) in [5, 5.41) is 5.46. The van der Waals surface area contributed by atoms with Crippen molar-refractivity contribution in [3.63, 3.8) is 0 Å². The van der Waals surface area contributed by atoms with E-state index in [9.17, 15) is 0 Å². The molecule has 1 aromatic rings. The maximum atomic E-state index is 8.78. The summed E-state index contributed by atoms with van der Waals surface area (Å²) in [5.41, 5.74) is 0. The molecule has 12 heavy (non-hydrogen) atoms. The molecule has 1 unspecified atom stereocenters. The maximum absolute atomic E-state index is 8.78. The van der Waals surface area contributed by atoms with Crippen LogP contribution in [0.2, 0.25) is 10.0 Å². The monoisotopic (exact) mass is 226 g/mol. The van der Waals surface area contributed by atoms with E-state index in [2.05, 4.69) is 5.14 Å². The highest BCUT2D eigenvalue weighted by Gasteiger charge is 1.83. The molecule has 3 nitrogen and oxygen atoms in total. The van der Waals surface area contributed by atoms with Gasteiger partial charge in [-0.25, -0.2) is 0 Å². The summed E-state index contributed by atoms with van der Waals surface area (Å²) in [7, 11) is 0. The van der Waals surface area contributed by atoms with Crippen molar-refractivity contribution in [2.24, 2.45) is 5.14 Å². The summed E-state index contributed by atoms with van der Waals surface area (Å²) < 4.78 is 17.6. The molecule has 1 aromatic carbocycles. The lowest BCUT2D eigenvalue weighted by atomic mass is 10.4. The molecule has 0 fully saturated rings. The molecule has 0 bridgehead atoms. The van der Waals surface area contributed by atoms with E-state index in [-0.39, 0.29) is 0 Å². The predicted octanol–water partition coefficient (Wildman–Crippen LogP) is 1.73. The Kier molecular flexibility index (Phi) is 6.32. The second kappa shape index (κ2) is 6.39. The van der Waals surface area contributed by atoms with Gasteiger partial charge in [0.25, 0.3) is 0 Å². The molecule has 68 valence electrons. The Morgan fingerprint density at radius 2 is 1.33 bits per heavy atom. The molecule has 0 saturated heterocycles. The first-order valence-corrected chi connectivity index (χ1v) is 4.66. The first-order valence-electron chi connectivity index (χ1n) is 2.77. The lowest BCUT2D eigenvalue weighted by Crippen LogP contribution is -1.97. The summed E-state index contributed by atoms with van der Waals surface area (Å²) in [6.07, 6.45) is 0. The number of hydrogen-bond donors (Lipinski definition) is 1. The van der Waals surface area contributed by atoms with E-state index in [4.69, 9.17) is 32.0 Å². The first kappa shape index (κ1) is 11.9. The predicted molar refractivity (Wildman–Crippen MR) is 49.6 cm³/mol. The van der Waals surface area contributed by atoms with Crippen LogP contribution in [0.1, 0.15) is 0 Å². The number of nitrogens with two attached hydrogens (primary N) is 1. The van der Waals surface area contributed by atoms with Gasteiger partial charge < -0.3 is 4.55 Å². The molecule has 0 aromatic heterocycles. The zero-order chi connectivity index (χ0) is 9.56. The van der Waals surface area contributed by atoms with Crippen LogP contribution in [0, 0.1) is 0 Å². The van der Waals surface area contributed by atoms with Gasteiger partial charge in [0, 0.05) is 21.3 Å². The third-order valence-electron chi connectivity index (χ3n) is 0.804. The highest BCUT2D eigenvalue weighted by atomic mass is 35.5. The molecule has 2 N–H and O–H groups in total. The van der Waals surface area contributed by atoms with Gasteiger partial charge in [0.2, 0.25) is 0 Å². The van der Waals surface area contributed by atoms with Crippen molar-refractivity contribution in [1.29, 1.82) is 0 Å². The van der Waals surface area contributed by atoms with Crippen LogP contribution in [0.4, 0.5) is 0 Å². The minimum absolute atomic E-state index is 0.717. The highest BCUT2D eigenvalue weighted by molar-refractivity contribution is 7.76. The second-order valence-corrected chi connectivity index (χ2v) is 3.09. The third kappa shape index (κ3) is 7.97. The van der Waals surface area contributed by atoms with Crippen molar-refractivity contribution in [2.75, 3.05) is 0 Å². The zero-order valence-electron chi connectivity index (χ0n) is 5.87. The lowest BCUT2D eigenvalue weighted by molar-refractivity contribution is 0.539. The van der Waals surface area contributed by atoms with E-state index in [1.165, 1.54) is 0 Å². The Morgan fingerprint density at radius 1 is 1.17 bits per heavy atom. The minimum Gasteiger partial charge on any atom is -0.760 e. The van der Waals surface area contributed by atoms with Crippen LogP contribution in [-0.4, -0.2) is 8.76 Å². The van der Waals surface area contributed by atoms with Crippen molar-refractivity contribution in [3.05, 3.63) is 34.3 Å². The normalized spacial score (nSPS) is 11.3. The Morgan fingerprint density at radius 3 is 1.50 bits per heavy atom. The molecular weight excluding hydrogens is 221 g/mol. The maximum Gasteiger partial charge on any atom is 0.0407 e. The van der Waals surface area contributed by atoms with Crippen molar-refractivity contribution < 1.29 is 8.76 Å². The molecule has 1 rings (SSSR count). The van der Waals surface area contributed by atoms with E-state index in [1.54, 1.807) is 24.3 Å². The Bertz CT molecular complexity index is 227. The second-order valence-electron chi connectivity index (χ2n) is 1.70. The van der Waals surface area contributed by atoms with Crippen molar-refractivity contribution in [2.45, 2.75) is 0 Å². The minimum atomic E-state index is -2.36. The molecule has 0 aliphatic rings. The molecule has 6 heteroatoms. The van der Waals surface area contributed by atoms with Gasteiger partial charge in [-0.2, -0.15) is 0 Å². The molecule has 0 spiro atoms. The van der Waals surface area contributed by atoms with Crippen LogP contribution in [0.15, 0.2) is 24.3 Å². The van der Waals surface area contributed by atoms with Crippen LogP contribution in [0.25, 0.3) is 0 Å². The fourth-order valence-corrected chi connectivity index (χ4v) is 0.682. The average molecular weight is 227 g/mol. The molecule has 0 amide bonds. The molecule has 0 heterocycles. The van der Waals surface area contributed by atoms with Gasteiger partial charge in [-0.1, -0.05) is 23.2 Å². The van der Waals surface area contributed by atoms with E-state index < -0.39 is 11.3 Å². The fraction of sp³-hybridized carbons (Fsp3) is 0. The molecule has 0 saturated carbocycles. The zero-order valence-corrected chi connectivity index (χ0v) is 8.20. The highest BCUT2D eigenvalue weighted by Crippen LogP contribution is 2.12. The van der Waals surface area contributed by atoms with E-state index in [0.717, 1.165) is 10.0 Å². The van der Waals surface area contributed by atoms with E-state index >= 15 is 0 Å². The molecule has 0 aliphatic heterocycles. The largest absolute Gasteiger partial charge is 0.760 e. The van der Waals surface area contributed by atoms with Crippen molar-refractivity contribution in [1.82, 2.24) is 0 Å². The number of hydrogen-bond acceptors (Lipinski definition) is 2. The van der Waals surface area contributed by atoms with Gasteiger partial charge >= 0.3 is 0 Å². The molecular formula is C6H6Cl2NO2S-. The van der Waals surface area contributed by atoms with Gasteiger partial charge in [0.1, 0.15) is 0 Å². The van der Waals surface area contributed by atoms with Crippen LogP contribution < -0.4 is 5.14 Å². The quantitative estimate of drug-likeness (QED) is 0.686. The summed E-state index contributed by atoms with van der Waals surface area (Å²) in [5.74, 6) is 0. The molecule has 1 atom stereocenters. The Labute approximate surface area is 82.9 Å². The van der Waals surface area contributed by atoms with Crippen LogP contribution in [0.5, 0.6) is 0 Å². The standard InChI is InChI=1S/C6H4Cl2.H3NO2S/c7-5-1-2-6(8)4-3-5;1-4(2)3/h1-4H;1H2,(H,2,3)/p-1. The van der Waals surface area contributed by atoms with Gasteiger partial charge in [-0.3, -0.25) is 9.35 Å². The first-order chi connectivity index (χ1) is 5.52. The van der Waals surface area contributed by atoms with Crippen molar-refractivity contribution >= 4 is 34.5 Å². The smallest absolute Gasteiger partial charge is 0.0407 e. The summed E-state index contributed by atoms with van der Waals surface area (Å²) in [4.78, 5) is 0. The third-order valence-corrected chi connectivity index (χ3v) is 1.31. The Hall–Kier alpha value is -0.130. The lowest BCUT2D eigenvalue weighted by Gasteiger charge is -1.86. The van der Waals surface area contributed by atoms with Gasteiger partial charge in [-0.05, 0) is 24.3 Å². The Balaban J connectivity index is 0.000000261. The number of rotatable bonds is 0. The van der Waals surface area contributed by atoms with Crippen molar-refractivity contribution in [3.8, 4) is 0 Å². The van der Waals surface area contributed by atoms with Crippen LogP contribution in [0.3, 0.4) is 0 Å². The fourth-order valence-electron chi connectivity index (χ4n) is 0.430. The van der Waals surface area contributed by atoms with Gasteiger partial charge in [-0.15, -0.1) is 0 Å². The average Bonchev–Trinajstić information content (AvgIpc) is 1.94. The summed E-state index contributed by atoms with van der Waals surface area (Å²) in [6, 6.07) is 7.02. The summed E-state index contributed by atoms with van der Waals surface area (Å²) in [6.45, 7) is 0. The number of benzene rings is 1.